The molecular formula is C42H26N4O. The molecule has 0 radical (unpaired) electrons. The minimum atomic E-state index is 0.606. The van der Waals surface area contributed by atoms with Crippen LogP contribution in [-0.4, -0.2) is 19.9 Å². The quantitative estimate of drug-likeness (QED) is 0.183. The maximum absolute atomic E-state index is 6.26. The topological polar surface area (TPSA) is 64.7 Å². The molecule has 5 nitrogen and oxygen atoms in total. The van der Waals surface area contributed by atoms with Gasteiger partial charge in [0.1, 0.15) is 5.52 Å². The van der Waals surface area contributed by atoms with Gasteiger partial charge in [-0.15, -0.1) is 0 Å². The number of hydrogen-bond donors (Lipinski definition) is 0. The number of para-hydroxylation sites is 1. The van der Waals surface area contributed by atoms with Gasteiger partial charge in [-0.05, 0) is 36.4 Å². The zero-order chi connectivity index (χ0) is 31.2. The lowest BCUT2D eigenvalue weighted by Gasteiger charge is -2.12. The van der Waals surface area contributed by atoms with Crippen LogP contribution in [0.4, 0.5) is 0 Å². The monoisotopic (exact) mass is 602 g/mol. The number of pyridine rings is 1. The van der Waals surface area contributed by atoms with Crippen molar-refractivity contribution in [1.82, 2.24) is 19.9 Å². The molecule has 0 aliphatic carbocycles. The van der Waals surface area contributed by atoms with Crippen molar-refractivity contribution in [3.05, 3.63) is 158 Å². The van der Waals surface area contributed by atoms with E-state index in [0.717, 1.165) is 77.7 Å². The molecule has 5 heteroatoms. The van der Waals surface area contributed by atoms with E-state index in [1.807, 2.05) is 97.1 Å². The molecule has 0 fully saturated rings. The summed E-state index contributed by atoms with van der Waals surface area (Å²) in [6.07, 6.45) is 0. The Morgan fingerprint density at radius 2 is 0.979 bits per heavy atom. The zero-order valence-corrected chi connectivity index (χ0v) is 25.2. The van der Waals surface area contributed by atoms with E-state index in [9.17, 15) is 0 Å². The molecule has 0 saturated heterocycles. The number of benzene rings is 6. The molecule has 47 heavy (non-hydrogen) atoms. The van der Waals surface area contributed by atoms with Crippen LogP contribution in [0.15, 0.2) is 162 Å². The molecule has 0 aliphatic rings. The molecule has 0 aliphatic heterocycles. The molecule has 3 aromatic heterocycles. The van der Waals surface area contributed by atoms with E-state index >= 15 is 0 Å². The lowest BCUT2D eigenvalue weighted by Crippen LogP contribution is -1.96. The first-order chi connectivity index (χ1) is 23.3. The first-order valence-corrected chi connectivity index (χ1v) is 15.6. The summed E-state index contributed by atoms with van der Waals surface area (Å²) in [5.41, 5.74) is 10.1. The number of aromatic nitrogens is 4. The minimum absolute atomic E-state index is 0.606. The summed E-state index contributed by atoms with van der Waals surface area (Å²) in [5, 5.41) is 3.11. The van der Waals surface area contributed by atoms with Gasteiger partial charge in [-0.1, -0.05) is 121 Å². The molecule has 9 rings (SSSR count). The predicted molar refractivity (Wildman–Crippen MR) is 190 cm³/mol. The second-order valence-electron chi connectivity index (χ2n) is 11.5. The summed E-state index contributed by atoms with van der Waals surface area (Å²) < 4.78 is 6.26. The third-order valence-corrected chi connectivity index (χ3v) is 8.52. The summed E-state index contributed by atoms with van der Waals surface area (Å²) in [6, 6.07) is 53.3. The third-order valence-electron chi connectivity index (χ3n) is 8.52. The summed E-state index contributed by atoms with van der Waals surface area (Å²) in [6.45, 7) is 0. The Bertz CT molecular complexity index is 2490. The lowest BCUT2D eigenvalue weighted by molar-refractivity contribution is 0.620. The Morgan fingerprint density at radius 1 is 0.404 bits per heavy atom. The van der Waals surface area contributed by atoms with Crippen LogP contribution in [0.3, 0.4) is 0 Å². The highest BCUT2D eigenvalue weighted by Gasteiger charge is 2.18. The third kappa shape index (κ3) is 4.82. The van der Waals surface area contributed by atoms with Crippen LogP contribution in [-0.2, 0) is 0 Å². The van der Waals surface area contributed by atoms with E-state index in [2.05, 4.69) is 60.7 Å². The predicted octanol–water partition coefficient (Wildman–Crippen LogP) is 10.7. The minimum Gasteiger partial charge on any atom is -0.436 e. The Kier molecular flexibility index (Phi) is 6.39. The number of nitrogens with zero attached hydrogens (tertiary/aromatic N) is 4. The molecule has 0 atom stereocenters. The van der Waals surface area contributed by atoms with Crippen molar-refractivity contribution in [2.75, 3.05) is 0 Å². The van der Waals surface area contributed by atoms with Crippen molar-refractivity contribution in [2.24, 2.45) is 0 Å². The van der Waals surface area contributed by atoms with Crippen molar-refractivity contribution >= 4 is 32.8 Å². The smallest absolute Gasteiger partial charge is 0.227 e. The van der Waals surface area contributed by atoms with Gasteiger partial charge in [-0.25, -0.2) is 19.9 Å². The summed E-state index contributed by atoms with van der Waals surface area (Å²) >= 11 is 0. The van der Waals surface area contributed by atoms with Crippen LogP contribution < -0.4 is 0 Å². The van der Waals surface area contributed by atoms with E-state index in [-0.39, 0.29) is 0 Å². The van der Waals surface area contributed by atoms with Crippen LogP contribution in [0.5, 0.6) is 0 Å². The molecular weight excluding hydrogens is 576 g/mol. The fourth-order valence-electron chi connectivity index (χ4n) is 6.22. The molecule has 3 heterocycles. The highest BCUT2D eigenvalue weighted by atomic mass is 16.3. The molecule has 0 amide bonds. The van der Waals surface area contributed by atoms with E-state index in [4.69, 9.17) is 24.4 Å². The largest absolute Gasteiger partial charge is 0.436 e. The van der Waals surface area contributed by atoms with Gasteiger partial charge in [0.25, 0.3) is 0 Å². The van der Waals surface area contributed by atoms with Crippen LogP contribution in [0.2, 0.25) is 0 Å². The molecule has 6 aromatic carbocycles. The van der Waals surface area contributed by atoms with Gasteiger partial charge in [0.2, 0.25) is 5.89 Å². The fourth-order valence-corrected chi connectivity index (χ4v) is 6.22. The van der Waals surface area contributed by atoms with E-state index < -0.39 is 0 Å². The van der Waals surface area contributed by atoms with Crippen molar-refractivity contribution in [3.63, 3.8) is 0 Å². The van der Waals surface area contributed by atoms with E-state index in [1.165, 1.54) is 0 Å². The van der Waals surface area contributed by atoms with Gasteiger partial charge >= 0.3 is 0 Å². The average molecular weight is 603 g/mol. The molecule has 0 saturated carbocycles. The second-order valence-corrected chi connectivity index (χ2v) is 11.5. The van der Waals surface area contributed by atoms with Crippen LogP contribution in [0.25, 0.3) is 89.4 Å². The summed E-state index contributed by atoms with van der Waals surface area (Å²) in [5.74, 6) is 1.30. The van der Waals surface area contributed by atoms with Crippen molar-refractivity contribution in [2.45, 2.75) is 0 Å². The maximum Gasteiger partial charge on any atom is 0.227 e. The standard InChI is InChI=1S/C42H26N4O/c1-4-12-27(13-5-1)35-26-36(45-41(44-35)30-14-6-2-7-15-30)28-20-22-29(23-21-28)39-33-24-25-37-40(38(33)32-18-10-11-19-34(32)43-39)46-42(47-37)31-16-8-3-9-17-31/h1-26H. The van der Waals surface area contributed by atoms with Gasteiger partial charge in [0.05, 0.1) is 22.6 Å². The van der Waals surface area contributed by atoms with Gasteiger partial charge in [0, 0.05) is 44.0 Å². The van der Waals surface area contributed by atoms with E-state index in [0.29, 0.717) is 11.7 Å². The molecule has 0 bridgehead atoms. The molecule has 220 valence electrons. The van der Waals surface area contributed by atoms with Gasteiger partial charge in [0.15, 0.2) is 11.4 Å². The SMILES string of the molecule is c1ccc(-c2cc(-c3ccc(-c4nc5ccccc5c5c4ccc4oc(-c6ccccc6)nc45)cc3)nc(-c3ccccc3)n2)cc1. The average Bonchev–Trinajstić information content (AvgIpc) is 3.60. The number of rotatable bonds is 5. The fraction of sp³-hybridized carbons (Fsp3) is 0. The first-order valence-electron chi connectivity index (χ1n) is 15.6. The van der Waals surface area contributed by atoms with Crippen molar-refractivity contribution in [1.29, 1.82) is 0 Å². The van der Waals surface area contributed by atoms with Crippen molar-refractivity contribution < 1.29 is 4.42 Å². The Morgan fingerprint density at radius 3 is 1.68 bits per heavy atom. The number of oxazole rings is 1. The highest BCUT2D eigenvalue weighted by Crippen LogP contribution is 2.39. The first kappa shape index (κ1) is 26.9. The van der Waals surface area contributed by atoms with Gasteiger partial charge < -0.3 is 4.42 Å². The highest BCUT2D eigenvalue weighted by molar-refractivity contribution is 6.20. The van der Waals surface area contributed by atoms with Gasteiger partial charge in [-0.3, -0.25) is 0 Å². The summed E-state index contributed by atoms with van der Waals surface area (Å²) in [7, 11) is 0. The molecule has 0 unspecified atom stereocenters. The molecule has 0 N–H and O–H groups in total. The number of hydrogen-bond acceptors (Lipinski definition) is 5. The maximum atomic E-state index is 6.26. The second kappa shape index (κ2) is 11.2. The Labute approximate surface area is 270 Å². The molecule has 9 aromatic rings. The van der Waals surface area contributed by atoms with Crippen LogP contribution in [0, 0.1) is 0 Å². The Balaban J connectivity index is 1.19. The summed E-state index contributed by atoms with van der Waals surface area (Å²) in [4.78, 5) is 20.1. The van der Waals surface area contributed by atoms with Crippen LogP contribution in [0.1, 0.15) is 0 Å². The van der Waals surface area contributed by atoms with Gasteiger partial charge in [-0.2, -0.15) is 0 Å². The van der Waals surface area contributed by atoms with E-state index in [1.54, 1.807) is 0 Å². The molecule has 0 spiro atoms. The normalized spacial score (nSPS) is 11.4. The number of fused-ring (bicyclic) bond motifs is 5. The Hall–Kier alpha value is -6.46. The zero-order valence-electron chi connectivity index (χ0n) is 25.2. The van der Waals surface area contributed by atoms with Crippen LogP contribution >= 0.6 is 0 Å². The lowest BCUT2D eigenvalue weighted by atomic mass is 9.98. The van der Waals surface area contributed by atoms with Crippen molar-refractivity contribution in [3.8, 4) is 56.6 Å².